The van der Waals surface area contributed by atoms with E-state index < -0.39 is 0 Å². The van der Waals surface area contributed by atoms with Crippen LogP contribution in [0.2, 0.25) is 0 Å². The van der Waals surface area contributed by atoms with E-state index in [-0.39, 0.29) is 5.11 Å². The molecule has 158 valence electrons. The molecule has 0 heterocycles. The third kappa shape index (κ3) is 5.68. The van der Waals surface area contributed by atoms with Crippen molar-refractivity contribution < 1.29 is 0 Å². The smallest absolute Gasteiger partial charge is 0.184 e. The topological polar surface area (TPSA) is 50.4 Å². The molecule has 2 rings (SSSR count). The Labute approximate surface area is 178 Å². The molecule has 2 aliphatic rings. The van der Waals surface area contributed by atoms with Crippen LogP contribution in [0.4, 0.5) is 0 Å². The van der Waals surface area contributed by atoms with Gasteiger partial charge in [0.05, 0.1) is 0 Å². The lowest BCUT2D eigenvalue weighted by atomic mass is 9.48. The number of fused-ring (bicyclic) bond motifs is 1. The number of nitrogens with zero attached hydrogens (tertiary/aromatic N) is 1. The Morgan fingerprint density at radius 2 is 2.00 bits per heavy atom. The van der Waals surface area contributed by atoms with Gasteiger partial charge in [-0.3, -0.25) is 5.43 Å². The number of rotatable bonds is 7. The minimum atomic E-state index is 0.222. The molecule has 1 fully saturated rings. The SMILES string of the molecule is CC(=CCCC(C)=NNC(N)=S)CCC1C(C)=CCC2C(C)(C)CCCC12C. The van der Waals surface area contributed by atoms with Crippen molar-refractivity contribution in [3.05, 3.63) is 23.3 Å². The van der Waals surface area contributed by atoms with Gasteiger partial charge in [0.1, 0.15) is 0 Å². The molecule has 3 N–H and O–H groups in total. The van der Waals surface area contributed by atoms with Crippen LogP contribution < -0.4 is 11.2 Å². The summed E-state index contributed by atoms with van der Waals surface area (Å²) in [5.74, 6) is 1.55. The maximum Gasteiger partial charge on any atom is 0.184 e. The van der Waals surface area contributed by atoms with Crippen molar-refractivity contribution >= 4 is 23.0 Å². The number of hydrogen-bond donors (Lipinski definition) is 2. The van der Waals surface area contributed by atoms with Crippen molar-refractivity contribution in [1.29, 1.82) is 0 Å². The predicted molar refractivity (Wildman–Crippen MR) is 126 cm³/mol. The zero-order valence-corrected chi connectivity index (χ0v) is 19.7. The van der Waals surface area contributed by atoms with Gasteiger partial charge in [0.15, 0.2) is 5.11 Å². The number of thiocarbonyl (C=S) groups is 1. The van der Waals surface area contributed by atoms with E-state index in [1.165, 1.54) is 44.1 Å². The lowest BCUT2D eigenvalue weighted by Crippen LogP contribution is -2.48. The highest BCUT2D eigenvalue weighted by molar-refractivity contribution is 7.80. The van der Waals surface area contributed by atoms with Crippen LogP contribution in [-0.4, -0.2) is 10.8 Å². The fourth-order valence-corrected chi connectivity index (χ4v) is 5.95. The predicted octanol–water partition coefficient (Wildman–Crippen LogP) is 6.50. The molecular weight excluding hydrogens is 362 g/mol. The van der Waals surface area contributed by atoms with E-state index in [9.17, 15) is 0 Å². The van der Waals surface area contributed by atoms with Crippen molar-refractivity contribution in [3.63, 3.8) is 0 Å². The normalized spacial score (nSPS) is 30.4. The molecule has 0 spiro atoms. The molecule has 3 unspecified atom stereocenters. The Morgan fingerprint density at radius 1 is 1.29 bits per heavy atom. The second-order valence-electron chi connectivity index (χ2n) is 10.1. The minimum absolute atomic E-state index is 0.222. The molecular formula is C24H41N3S. The van der Waals surface area contributed by atoms with Gasteiger partial charge >= 0.3 is 0 Å². The lowest BCUT2D eigenvalue weighted by Gasteiger charge is -2.57. The van der Waals surface area contributed by atoms with Crippen LogP contribution in [0, 0.1) is 22.7 Å². The van der Waals surface area contributed by atoms with Crippen molar-refractivity contribution in [2.24, 2.45) is 33.5 Å². The van der Waals surface area contributed by atoms with E-state index in [1.54, 1.807) is 5.57 Å². The largest absolute Gasteiger partial charge is 0.375 e. The third-order valence-electron chi connectivity index (χ3n) is 7.48. The summed E-state index contributed by atoms with van der Waals surface area (Å²) in [7, 11) is 0. The summed E-state index contributed by atoms with van der Waals surface area (Å²) in [6.07, 6.45) is 14.8. The molecule has 0 aromatic rings. The van der Waals surface area contributed by atoms with Crippen LogP contribution in [0.5, 0.6) is 0 Å². The molecule has 0 aromatic carbocycles. The highest BCUT2D eigenvalue weighted by atomic mass is 32.1. The Bertz CT molecular complexity index is 659. The standard InChI is InChI=1S/C24H41N3S/c1-17(9-7-10-19(3)26-27-22(25)28)11-13-20-18(2)12-14-21-23(4,5)15-8-16-24(20,21)6/h9,12,20-21H,7-8,10-11,13-16H2,1-6H3,(H3,25,27,28). The molecule has 28 heavy (non-hydrogen) atoms. The Morgan fingerprint density at radius 3 is 2.68 bits per heavy atom. The highest BCUT2D eigenvalue weighted by Crippen LogP contribution is 2.60. The Hall–Kier alpha value is -1.16. The van der Waals surface area contributed by atoms with Gasteiger partial charge in [0, 0.05) is 5.71 Å². The number of allylic oxidation sites excluding steroid dienone is 4. The maximum atomic E-state index is 5.41. The first-order valence-corrected chi connectivity index (χ1v) is 11.4. The molecule has 3 atom stereocenters. The number of nitrogens with one attached hydrogen (secondary N) is 1. The van der Waals surface area contributed by atoms with Crippen LogP contribution in [0.25, 0.3) is 0 Å². The summed E-state index contributed by atoms with van der Waals surface area (Å²) in [5.41, 5.74) is 13.2. The van der Waals surface area contributed by atoms with Crippen LogP contribution in [0.15, 0.2) is 28.4 Å². The second-order valence-corrected chi connectivity index (χ2v) is 10.5. The van der Waals surface area contributed by atoms with E-state index in [2.05, 4.69) is 57.3 Å². The van der Waals surface area contributed by atoms with Crippen LogP contribution in [-0.2, 0) is 0 Å². The number of nitrogens with two attached hydrogens (primary N) is 1. The van der Waals surface area contributed by atoms with Gasteiger partial charge in [0.2, 0.25) is 0 Å². The van der Waals surface area contributed by atoms with Crippen LogP contribution in [0.3, 0.4) is 0 Å². The van der Waals surface area contributed by atoms with Crippen molar-refractivity contribution in [1.82, 2.24) is 5.43 Å². The first-order chi connectivity index (χ1) is 13.1. The average molecular weight is 404 g/mol. The van der Waals surface area contributed by atoms with Gasteiger partial charge in [-0.2, -0.15) is 5.10 Å². The van der Waals surface area contributed by atoms with E-state index in [1.807, 2.05) is 6.92 Å². The molecule has 0 aliphatic heterocycles. The van der Waals surface area contributed by atoms with E-state index in [0.717, 1.165) is 30.4 Å². The number of hydrazone groups is 1. The quantitative estimate of drug-likeness (QED) is 0.221. The lowest BCUT2D eigenvalue weighted by molar-refractivity contribution is -0.0390. The zero-order valence-electron chi connectivity index (χ0n) is 18.9. The minimum Gasteiger partial charge on any atom is -0.375 e. The van der Waals surface area contributed by atoms with Gasteiger partial charge in [-0.15, -0.1) is 0 Å². The van der Waals surface area contributed by atoms with Gasteiger partial charge < -0.3 is 5.73 Å². The number of hydrogen-bond acceptors (Lipinski definition) is 2. The third-order valence-corrected chi connectivity index (χ3v) is 7.57. The summed E-state index contributed by atoms with van der Waals surface area (Å²) < 4.78 is 0. The molecule has 0 radical (unpaired) electrons. The average Bonchev–Trinajstić information content (AvgIpc) is 2.58. The van der Waals surface area contributed by atoms with E-state index in [0.29, 0.717) is 10.8 Å². The fraction of sp³-hybridized carbons (Fsp3) is 0.750. The van der Waals surface area contributed by atoms with Gasteiger partial charge in [0.25, 0.3) is 0 Å². The van der Waals surface area contributed by atoms with Gasteiger partial charge in [-0.05, 0) is 101 Å². The highest BCUT2D eigenvalue weighted by Gasteiger charge is 2.51. The molecule has 0 bridgehead atoms. The summed E-state index contributed by atoms with van der Waals surface area (Å²) in [6.45, 7) is 14.3. The van der Waals surface area contributed by atoms with Gasteiger partial charge in [-0.1, -0.05) is 50.5 Å². The summed E-state index contributed by atoms with van der Waals surface area (Å²) in [5, 5.41) is 4.40. The molecule has 2 aliphatic carbocycles. The Kier molecular flexibility index (Phi) is 7.89. The Balaban J connectivity index is 1.95. The summed E-state index contributed by atoms with van der Waals surface area (Å²) in [4.78, 5) is 0. The molecule has 4 heteroatoms. The maximum absolute atomic E-state index is 5.41. The fourth-order valence-electron chi connectivity index (χ4n) is 5.90. The second kappa shape index (κ2) is 9.56. The molecule has 0 amide bonds. The first kappa shape index (κ1) is 23.1. The summed E-state index contributed by atoms with van der Waals surface area (Å²) >= 11 is 4.78. The first-order valence-electron chi connectivity index (χ1n) is 11.0. The van der Waals surface area contributed by atoms with Crippen molar-refractivity contribution in [2.75, 3.05) is 0 Å². The van der Waals surface area contributed by atoms with E-state index in [4.69, 9.17) is 18.0 Å². The van der Waals surface area contributed by atoms with E-state index >= 15 is 0 Å². The molecule has 3 nitrogen and oxygen atoms in total. The summed E-state index contributed by atoms with van der Waals surface area (Å²) in [6, 6.07) is 0. The van der Waals surface area contributed by atoms with Crippen LogP contribution >= 0.6 is 12.2 Å². The molecule has 0 aromatic heterocycles. The van der Waals surface area contributed by atoms with Gasteiger partial charge in [-0.25, -0.2) is 0 Å². The monoisotopic (exact) mass is 403 g/mol. The molecule has 0 saturated heterocycles. The van der Waals surface area contributed by atoms with Crippen LogP contribution in [0.1, 0.15) is 92.9 Å². The zero-order chi connectivity index (χ0) is 20.9. The van der Waals surface area contributed by atoms with Crippen molar-refractivity contribution in [3.8, 4) is 0 Å². The molecule has 1 saturated carbocycles. The van der Waals surface area contributed by atoms with Crippen molar-refractivity contribution in [2.45, 2.75) is 92.9 Å².